The number of aliphatic imine (C=N–C) groups is 1. The minimum absolute atomic E-state index is 0.0630. The first-order valence-corrected chi connectivity index (χ1v) is 11.3. The Kier molecular flexibility index (Phi) is 5.93. The molecule has 0 unspecified atom stereocenters. The van der Waals surface area contributed by atoms with Gasteiger partial charge in [-0.15, -0.1) is 0 Å². The van der Waals surface area contributed by atoms with Gasteiger partial charge in [0.05, 0.1) is 16.6 Å². The molecule has 0 saturated carbocycles. The fraction of sp³-hybridized carbons (Fsp3) is 0.286. The van der Waals surface area contributed by atoms with E-state index in [-0.39, 0.29) is 28.6 Å². The van der Waals surface area contributed by atoms with Gasteiger partial charge in [-0.05, 0) is 43.7 Å². The van der Waals surface area contributed by atoms with Crippen LogP contribution in [0, 0.1) is 0 Å². The first-order chi connectivity index (χ1) is 14.1. The number of hydrogen-bond acceptors (Lipinski definition) is 6. The summed E-state index contributed by atoms with van der Waals surface area (Å²) in [4.78, 5) is 31.5. The second-order valence-electron chi connectivity index (χ2n) is 7.21. The number of hydrogen-bond donors (Lipinski definition) is 1. The average Bonchev–Trinajstić information content (AvgIpc) is 2.74. The van der Waals surface area contributed by atoms with Crippen LogP contribution < -0.4 is 10.4 Å². The van der Waals surface area contributed by atoms with E-state index in [1.54, 1.807) is 50.4 Å². The minimum Gasteiger partial charge on any atom is -0.332 e. The second-order valence-corrected chi connectivity index (χ2v) is 9.22. The van der Waals surface area contributed by atoms with E-state index in [1.165, 1.54) is 22.0 Å². The molecule has 30 heavy (non-hydrogen) atoms. The molecule has 9 heteroatoms. The average molecular weight is 429 g/mol. The number of hydrazine groups is 1. The van der Waals surface area contributed by atoms with Gasteiger partial charge in [-0.2, -0.15) is 0 Å². The lowest BCUT2D eigenvalue weighted by molar-refractivity contribution is -0.125. The molecule has 1 heterocycles. The van der Waals surface area contributed by atoms with Crippen molar-refractivity contribution in [3.63, 3.8) is 0 Å². The summed E-state index contributed by atoms with van der Waals surface area (Å²) in [5, 5.41) is 1.32. The van der Waals surface area contributed by atoms with Crippen LogP contribution in [-0.4, -0.2) is 50.3 Å². The Morgan fingerprint density at radius 2 is 1.73 bits per heavy atom. The predicted molar refractivity (Wildman–Crippen MR) is 115 cm³/mol. The largest absolute Gasteiger partial charge is 0.332 e. The van der Waals surface area contributed by atoms with Crippen LogP contribution in [0.1, 0.15) is 25.5 Å². The maximum Gasteiger partial charge on any atom is 0.290 e. The summed E-state index contributed by atoms with van der Waals surface area (Å²) < 4.78 is 23.3. The van der Waals surface area contributed by atoms with Gasteiger partial charge in [0.2, 0.25) is 5.84 Å². The second kappa shape index (κ2) is 8.27. The van der Waals surface area contributed by atoms with E-state index >= 15 is 0 Å². The maximum absolute atomic E-state index is 13.1. The van der Waals surface area contributed by atoms with Crippen molar-refractivity contribution in [1.29, 1.82) is 0 Å². The lowest BCUT2D eigenvalue weighted by Crippen LogP contribution is -2.58. The van der Waals surface area contributed by atoms with Crippen molar-refractivity contribution in [3.8, 4) is 0 Å². The molecule has 2 amide bonds. The Balaban J connectivity index is 1.81. The van der Waals surface area contributed by atoms with Gasteiger partial charge >= 0.3 is 0 Å². The molecule has 0 fully saturated rings. The molecule has 2 aromatic rings. The van der Waals surface area contributed by atoms with Gasteiger partial charge < -0.3 is 4.90 Å². The quantitative estimate of drug-likeness (QED) is 0.785. The van der Waals surface area contributed by atoms with Gasteiger partial charge in [-0.3, -0.25) is 15.0 Å². The van der Waals surface area contributed by atoms with Gasteiger partial charge in [0.15, 0.2) is 9.84 Å². The first kappa shape index (κ1) is 21.5. The number of carbonyl (C=O) groups is 2. The van der Waals surface area contributed by atoms with Crippen molar-refractivity contribution in [1.82, 2.24) is 10.3 Å². The van der Waals surface area contributed by atoms with E-state index in [2.05, 4.69) is 10.4 Å². The lowest BCUT2D eigenvalue weighted by Gasteiger charge is -2.33. The fourth-order valence-corrected chi connectivity index (χ4v) is 3.69. The highest BCUT2D eigenvalue weighted by Crippen LogP contribution is 2.22. The number of carbonyl (C=O) groups excluding carboxylic acids is 2. The summed E-state index contributed by atoms with van der Waals surface area (Å²) in [6, 6.07) is 14.3. The summed E-state index contributed by atoms with van der Waals surface area (Å²) in [5.74, 6) is -0.576. The van der Waals surface area contributed by atoms with Crippen molar-refractivity contribution < 1.29 is 18.0 Å². The van der Waals surface area contributed by atoms with Crippen LogP contribution in [0.4, 0.5) is 5.69 Å². The smallest absolute Gasteiger partial charge is 0.290 e. The normalized spacial score (nSPS) is 17.7. The number of nitrogens with one attached hydrogen (secondary N) is 1. The number of amidine groups is 1. The Morgan fingerprint density at radius 1 is 1.13 bits per heavy atom. The van der Waals surface area contributed by atoms with Gasteiger partial charge in [0.25, 0.3) is 11.8 Å². The molecule has 3 rings (SSSR count). The van der Waals surface area contributed by atoms with Crippen molar-refractivity contribution in [2.45, 2.75) is 30.8 Å². The third-order valence-corrected chi connectivity index (χ3v) is 6.16. The van der Waals surface area contributed by atoms with E-state index in [0.717, 1.165) is 11.8 Å². The zero-order chi connectivity index (χ0) is 22.1. The molecule has 1 aliphatic rings. The Morgan fingerprint density at radius 3 is 2.30 bits per heavy atom. The minimum atomic E-state index is -3.29. The molecule has 1 N–H and O–H groups in total. The van der Waals surface area contributed by atoms with Crippen LogP contribution in [0.15, 0.2) is 64.5 Å². The van der Waals surface area contributed by atoms with Crippen molar-refractivity contribution in [2.75, 3.05) is 18.3 Å². The summed E-state index contributed by atoms with van der Waals surface area (Å²) in [6.45, 7) is 3.47. The van der Waals surface area contributed by atoms with Gasteiger partial charge in [0, 0.05) is 13.3 Å². The number of nitrogens with zero attached hydrogens (tertiary/aromatic N) is 3. The molecule has 2 atom stereocenters. The summed E-state index contributed by atoms with van der Waals surface area (Å²) in [7, 11) is -1.66. The zero-order valence-electron chi connectivity index (χ0n) is 17.2. The molecular formula is C21H24N4O4S. The third-order valence-electron chi connectivity index (χ3n) is 5.03. The molecule has 0 saturated heterocycles. The van der Waals surface area contributed by atoms with E-state index in [9.17, 15) is 18.0 Å². The van der Waals surface area contributed by atoms with Crippen LogP contribution in [0.5, 0.6) is 0 Å². The van der Waals surface area contributed by atoms with Gasteiger partial charge in [0.1, 0.15) is 6.04 Å². The molecule has 0 radical (unpaired) electrons. The Labute approximate surface area is 176 Å². The number of amides is 2. The van der Waals surface area contributed by atoms with Crippen molar-refractivity contribution in [3.05, 3.63) is 60.2 Å². The molecule has 1 aliphatic heterocycles. The predicted octanol–water partition coefficient (Wildman–Crippen LogP) is 1.95. The number of anilines is 1. The highest BCUT2D eigenvalue weighted by atomic mass is 32.2. The topological polar surface area (TPSA) is 99.1 Å². The number of para-hydroxylation sites is 1. The van der Waals surface area contributed by atoms with E-state index in [1.807, 2.05) is 13.0 Å². The monoisotopic (exact) mass is 428 g/mol. The van der Waals surface area contributed by atoms with Crippen LogP contribution in [0.25, 0.3) is 0 Å². The molecule has 8 nitrogen and oxygen atoms in total. The molecule has 158 valence electrons. The van der Waals surface area contributed by atoms with Crippen LogP contribution in [0.3, 0.4) is 0 Å². The highest BCUT2D eigenvalue weighted by molar-refractivity contribution is 7.90. The summed E-state index contributed by atoms with van der Waals surface area (Å²) in [5.41, 5.74) is 4.22. The van der Waals surface area contributed by atoms with Crippen LogP contribution in [0.2, 0.25) is 0 Å². The number of benzene rings is 2. The Hall–Kier alpha value is -3.20. The third kappa shape index (κ3) is 4.35. The molecule has 0 spiro atoms. The van der Waals surface area contributed by atoms with Gasteiger partial charge in [-0.1, -0.05) is 30.3 Å². The zero-order valence-corrected chi connectivity index (χ0v) is 18.1. The SMILES string of the molecule is C[C@H](c1ccc(S(C)(=O)=O)cc1)N(C)C(=O)C1=N[C@H](C)C(=O)N(c2ccccc2)N1. The number of rotatable bonds is 5. The summed E-state index contributed by atoms with van der Waals surface area (Å²) >= 11 is 0. The fourth-order valence-electron chi connectivity index (χ4n) is 3.06. The molecule has 0 aromatic heterocycles. The summed E-state index contributed by atoms with van der Waals surface area (Å²) in [6.07, 6.45) is 1.15. The van der Waals surface area contributed by atoms with E-state index < -0.39 is 15.9 Å². The first-order valence-electron chi connectivity index (χ1n) is 9.40. The molecular weight excluding hydrogens is 404 g/mol. The van der Waals surface area contributed by atoms with Crippen LogP contribution in [-0.2, 0) is 19.4 Å². The molecule has 0 aliphatic carbocycles. The van der Waals surface area contributed by atoms with E-state index in [0.29, 0.717) is 5.69 Å². The Bertz CT molecular complexity index is 1080. The molecule has 0 bridgehead atoms. The van der Waals surface area contributed by atoms with Gasteiger partial charge in [-0.25, -0.2) is 18.4 Å². The molecule has 2 aromatic carbocycles. The van der Waals surface area contributed by atoms with Crippen molar-refractivity contribution >= 4 is 33.2 Å². The lowest BCUT2D eigenvalue weighted by atomic mass is 10.1. The van der Waals surface area contributed by atoms with E-state index in [4.69, 9.17) is 0 Å². The standard InChI is InChI=1S/C21H24N4O4S/c1-14-20(26)25(17-8-6-5-7-9-17)23-19(22-14)21(27)24(3)15(2)16-10-12-18(13-11-16)30(4,28)29/h5-15H,1-4H3,(H,22,23)/t14-,15-/m1/s1. The maximum atomic E-state index is 13.1. The van der Waals surface area contributed by atoms with Crippen LogP contribution >= 0.6 is 0 Å². The number of likely N-dealkylation sites (N-methyl/N-ethyl adjacent to an activating group) is 1. The number of sulfone groups is 1. The highest BCUT2D eigenvalue weighted by Gasteiger charge is 2.33. The van der Waals surface area contributed by atoms with Crippen molar-refractivity contribution in [2.24, 2.45) is 4.99 Å².